The van der Waals surface area contributed by atoms with Gasteiger partial charge in [-0.1, -0.05) is 19.3 Å². The molecule has 25 heavy (non-hydrogen) atoms. The van der Waals surface area contributed by atoms with Gasteiger partial charge >= 0.3 is 0 Å². The molecule has 134 valence electrons. The van der Waals surface area contributed by atoms with Gasteiger partial charge in [0.15, 0.2) is 5.16 Å². The SMILES string of the molecule is Cn1cnnc1Sc1ccc(NC(=O)CC2(CN)CCCCC2)cc1. The highest BCUT2D eigenvalue weighted by Gasteiger charge is 2.32. The monoisotopic (exact) mass is 359 g/mol. The highest BCUT2D eigenvalue weighted by molar-refractivity contribution is 7.99. The third-order valence-corrected chi connectivity index (χ3v) is 5.96. The average Bonchev–Trinajstić information content (AvgIpc) is 3.02. The molecule has 1 amide bonds. The second-order valence-electron chi connectivity index (χ2n) is 6.84. The van der Waals surface area contributed by atoms with Crippen LogP contribution in [0.1, 0.15) is 38.5 Å². The number of nitrogens with zero attached hydrogens (tertiary/aromatic N) is 3. The second kappa shape index (κ2) is 8.01. The Morgan fingerprint density at radius 2 is 2.00 bits per heavy atom. The molecule has 3 N–H and O–H groups in total. The van der Waals surface area contributed by atoms with Gasteiger partial charge in [0.1, 0.15) is 6.33 Å². The summed E-state index contributed by atoms with van der Waals surface area (Å²) >= 11 is 1.54. The Morgan fingerprint density at radius 1 is 1.28 bits per heavy atom. The molecule has 1 aromatic carbocycles. The molecule has 1 heterocycles. The largest absolute Gasteiger partial charge is 0.330 e. The summed E-state index contributed by atoms with van der Waals surface area (Å²) in [5, 5.41) is 11.8. The lowest BCUT2D eigenvalue weighted by molar-refractivity contribution is -0.118. The van der Waals surface area contributed by atoms with E-state index in [9.17, 15) is 4.79 Å². The van der Waals surface area contributed by atoms with Gasteiger partial charge < -0.3 is 15.6 Å². The van der Waals surface area contributed by atoms with Gasteiger partial charge in [-0.3, -0.25) is 4.79 Å². The lowest BCUT2D eigenvalue weighted by atomic mass is 9.71. The van der Waals surface area contributed by atoms with Crippen molar-refractivity contribution in [2.45, 2.75) is 48.6 Å². The molecule has 0 atom stereocenters. The molecule has 6 nitrogen and oxygen atoms in total. The number of carbonyl (C=O) groups excluding carboxylic acids is 1. The van der Waals surface area contributed by atoms with Gasteiger partial charge in [0.2, 0.25) is 5.91 Å². The quantitative estimate of drug-likeness (QED) is 0.827. The molecule has 0 unspecified atom stereocenters. The number of hydrogen-bond acceptors (Lipinski definition) is 5. The van der Waals surface area contributed by atoms with Crippen LogP contribution in [0.4, 0.5) is 5.69 Å². The van der Waals surface area contributed by atoms with Gasteiger partial charge in [0.05, 0.1) is 0 Å². The predicted octanol–water partition coefficient (Wildman–Crippen LogP) is 3.20. The fraction of sp³-hybridized carbons (Fsp3) is 0.500. The minimum atomic E-state index is -0.0106. The molecule has 1 fully saturated rings. The molecular weight excluding hydrogens is 334 g/mol. The van der Waals surface area contributed by atoms with Crippen LogP contribution in [0.5, 0.6) is 0 Å². The number of amides is 1. The number of hydrogen-bond donors (Lipinski definition) is 2. The summed E-state index contributed by atoms with van der Waals surface area (Å²) in [5.41, 5.74) is 6.79. The Kier molecular flexibility index (Phi) is 5.75. The number of rotatable bonds is 6. The molecule has 3 rings (SSSR count). The zero-order valence-corrected chi connectivity index (χ0v) is 15.4. The third kappa shape index (κ3) is 4.61. The second-order valence-corrected chi connectivity index (χ2v) is 7.88. The number of benzene rings is 1. The van der Waals surface area contributed by atoms with Crippen LogP contribution < -0.4 is 11.1 Å². The predicted molar refractivity (Wildman–Crippen MR) is 99.4 cm³/mol. The van der Waals surface area contributed by atoms with Gasteiger partial charge in [-0.25, -0.2) is 0 Å². The van der Waals surface area contributed by atoms with Gasteiger partial charge in [-0.05, 0) is 60.8 Å². The Labute approximate surface area is 152 Å². The Morgan fingerprint density at radius 3 is 2.60 bits per heavy atom. The number of nitrogens with two attached hydrogens (primary N) is 1. The number of carbonyl (C=O) groups is 1. The van der Waals surface area contributed by atoms with Crippen LogP contribution in [-0.2, 0) is 11.8 Å². The first kappa shape index (κ1) is 17.9. The van der Waals surface area contributed by atoms with E-state index < -0.39 is 0 Å². The van der Waals surface area contributed by atoms with Crippen LogP contribution in [0.15, 0.2) is 40.6 Å². The fourth-order valence-electron chi connectivity index (χ4n) is 3.38. The lowest BCUT2D eigenvalue weighted by Gasteiger charge is -2.35. The molecule has 0 radical (unpaired) electrons. The smallest absolute Gasteiger partial charge is 0.224 e. The van der Waals surface area contributed by atoms with Crippen LogP contribution in [0, 0.1) is 5.41 Å². The van der Waals surface area contributed by atoms with E-state index in [1.165, 1.54) is 19.3 Å². The molecule has 0 aliphatic heterocycles. The summed E-state index contributed by atoms with van der Waals surface area (Å²) < 4.78 is 1.87. The summed E-state index contributed by atoms with van der Waals surface area (Å²) in [6, 6.07) is 7.81. The lowest BCUT2D eigenvalue weighted by Crippen LogP contribution is -2.36. The molecule has 0 saturated heterocycles. The van der Waals surface area contributed by atoms with Crippen molar-refractivity contribution in [1.82, 2.24) is 14.8 Å². The van der Waals surface area contributed by atoms with E-state index in [4.69, 9.17) is 5.73 Å². The molecule has 1 aliphatic carbocycles. The Bertz CT molecular complexity index is 707. The molecule has 1 saturated carbocycles. The first-order valence-corrected chi connectivity index (χ1v) is 9.54. The van der Waals surface area contributed by atoms with E-state index in [-0.39, 0.29) is 11.3 Å². The molecular formula is C18H25N5OS. The maximum Gasteiger partial charge on any atom is 0.224 e. The van der Waals surface area contributed by atoms with E-state index >= 15 is 0 Å². The van der Waals surface area contributed by atoms with E-state index in [0.717, 1.165) is 28.6 Å². The molecule has 1 aliphatic rings. The summed E-state index contributed by atoms with van der Waals surface area (Å²) in [4.78, 5) is 13.5. The Hall–Kier alpha value is -1.86. The van der Waals surface area contributed by atoms with Crippen molar-refractivity contribution in [2.75, 3.05) is 11.9 Å². The third-order valence-electron chi connectivity index (χ3n) is 4.90. The molecule has 7 heteroatoms. The van der Waals surface area contributed by atoms with Crippen molar-refractivity contribution in [1.29, 1.82) is 0 Å². The topological polar surface area (TPSA) is 85.8 Å². The van der Waals surface area contributed by atoms with E-state index in [1.807, 2.05) is 35.9 Å². The van der Waals surface area contributed by atoms with Gasteiger partial charge in [-0.15, -0.1) is 10.2 Å². The molecule has 0 spiro atoms. The summed E-state index contributed by atoms with van der Waals surface area (Å²) in [6.45, 7) is 0.591. The van der Waals surface area contributed by atoms with Crippen molar-refractivity contribution in [3.63, 3.8) is 0 Å². The first-order valence-electron chi connectivity index (χ1n) is 8.72. The fourth-order valence-corrected chi connectivity index (χ4v) is 4.14. The Balaban J connectivity index is 1.57. The summed E-state index contributed by atoms with van der Waals surface area (Å²) in [7, 11) is 1.91. The van der Waals surface area contributed by atoms with Crippen molar-refractivity contribution in [3.8, 4) is 0 Å². The first-order chi connectivity index (χ1) is 12.1. The van der Waals surface area contributed by atoms with E-state index in [2.05, 4.69) is 15.5 Å². The minimum Gasteiger partial charge on any atom is -0.330 e. The summed E-state index contributed by atoms with van der Waals surface area (Å²) in [6.07, 6.45) is 7.92. The van der Waals surface area contributed by atoms with Crippen LogP contribution in [-0.4, -0.2) is 27.2 Å². The van der Waals surface area contributed by atoms with Gasteiger partial charge in [-0.2, -0.15) is 0 Å². The van der Waals surface area contributed by atoms with Gasteiger partial charge in [0, 0.05) is 24.1 Å². The number of aromatic nitrogens is 3. The van der Waals surface area contributed by atoms with Gasteiger partial charge in [0.25, 0.3) is 0 Å². The van der Waals surface area contributed by atoms with Crippen LogP contribution >= 0.6 is 11.8 Å². The normalized spacial score (nSPS) is 16.6. The molecule has 0 bridgehead atoms. The molecule has 2 aromatic rings. The molecule has 1 aromatic heterocycles. The van der Waals surface area contributed by atoms with Crippen LogP contribution in [0.3, 0.4) is 0 Å². The van der Waals surface area contributed by atoms with Crippen molar-refractivity contribution in [2.24, 2.45) is 18.2 Å². The highest BCUT2D eigenvalue weighted by atomic mass is 32.2. The van der Waals surface area contributed by atoms with E-state index in [1.54, 1.807) is 18.1 Å². The van der Waals surface area contributed by atoms with Crippen LogP contribution in [0.25, 0.3) is 0 Å². The number of nitrogens with one attached hydrogen (secondary N) is 1. The van der Waals surface area contributed by atoms with E-state index in [0.29, 0.717) is 13.0 Å². The zero-order chi connectivity index (χ0) is 17.7. The minimum absolute atomic E-state index is 0.0106. The van der Waals surface area contributed by atoms with Crippen molar-refractivity contribution >= 4 is 23.4 Å². The zero-order valence-electron chi connectivity index (χ0n) is 14.6. The summed E-state index contributed by atoms with van der Waals surface area (Å²) in [5.74, 6) is 0.0565. The standard InChI is InChI=1S/C18H25N5OS/c1-23-13-20-22-17(23)25-15-7-5-14(6-8-15)21-16(24)11-18(12-19)9-3-2-4-10-18/h5-8,13H,2-4,9-12,19H2,1H3,(H,21,24). The number of anilines is 1. The van der Waals surface area contributed by atoms with Crippen LogP contribution in [0.2, 0.25) is 0 Å². The highest BCUT2D eigenvalue weighted by Crippen LogP contribution is 2.38. The maximum atomic E-state index is 12.4. The van der Waals surface area contributed by atoms with Crippen molar-refractivity contribution < 1.29 is 4.79 Å². The van der Waals surface area contributed by atoms with Crippen molar-refractivity contribution in [3.05, 3.63) is 30.6 Å². The number of aryl methyl sites for hydroxylation is 1. The maximum absolute atomic E-state index is 12.4. The average molecular weight is 359 g/mol.